The molecule has 0 fully saturated rings. The predicted molar refractivity (Wildman–Crippen MR) is 68.7 cm³/mol. The van der Waals surface area contributed by atoms with Gasteiger partial charge in [0.25, 0.3) is 0 Å². The zero-order valence-corrected chi connectivity index (χ0v) is 11.2. The minimum atomic E-state index is -0.363. The van der Waals surface area contributed by atoms with Crippen molar-refractivity contribution in [3.63, 3.8) is 0 Å². The highest BCUT2D eigenvalue weighted by atomic mass is 32.1. The Morgan fingerprint density at radius 2 is 2.33 bits per heavy atom. The fourth-order valence-electron chi connectivity index (χ4n) is 1.44. The number of anilines is 1. The van der Waals surface area contributed by atoms with E-state index in [0.717, 1.165) is 11.3 Å². The van der Waals surface area contributed by atoms with Crippen molar-refractivity contribution in [1.29, 1.82) is 0 Å². The predicted octanol–water partition coefficient (Wildman–Crippen LogP) is 1.58. The first-order valence-corrected chi connectivity index (χ1v) is 6.19. The number of rotatable bonds is 4. The second-order valence-electron chi connectivity index (χ2n) is 3.75. The van der Waals surface area contributed by atoms with Gasteiger partial charge in [-0.15, -0.1) is 0 Å². The van der Waals surface area contributed by atoms with Crippen molar-refractivity contribution >= 4 is 22.4 Å². The molecule has 0 saturated carbocycles. The van der Waals surface area contributed by atoms with E-state index in [-0.39, 0.29) is 5.97 Å². The van der Waals surface area contributed by atoms with Crippen LogP contribution in [-0.2, 0) is 18.3 Å². The lowest BCUT2D eigenvalue weighted by Crippen LogP contribution is -2.01. The number of methoxy groups -OCH3 is 1. The van der Waals surface area contributed by atoms with Crippen LogP contribution >= 0.6 is 11.3 Å². The Balaban J connectivity index is 2.00. The molecule has 2 aromatic rings. The van der Waals surface area contributed by atoms with E-state index in [1.807, 2.05) is 24.9 Å². The van der Waals surface area contributed by atoms with E-state index < -0.39 is 0 Å². The molecular weight excluding hydrogens is 252 g/mol. The van der Waals surface area contributed by atoms with E-state index >= 15 is 0 Å². The molecule has 0 atom stereocenters. The Labute approximate surface area is 109 Å². The molecule has 0 saturated heterocycles. The summed E-state index contributed by atoms with van der Waals surface area (Å²) in [6.07, 6.45) is 3.33. The van der Waals surface area contributed by atoms with E-state index in [1.165, 1.54) is 24.6 Å². The molecule has 0 radical (unpaired) electrons. The lowest BCUT2D eigenvalue weighted by atomic mass is 10.2. The van der Waals surface area contributed by atoms with Crippen molar-refractivity contribution in [1.82, 2.24) is 14.8 Å². The average molecular weight is 266 g/mol. The second kappa shape index (κ2) is 5.18. The molecule has 2 heterocycles. The normalized spacial score (nSPS) is 10.4. The number of thiazole rings is 1. The van der Waals surface area contributed by atoms with Crippen LogP contribution in [0.2, 0.25) is 0 Å². The SMILES string of the molecule is COC(=O)c1cnc(NCc2cnn(C)c2C)s1. The van der Waals surface area contributed by atoms with Gasteiger partial charge in [0.15, 0.2) is 5.13 Å². The highest BCUT2D eigenvalue weighted by Crippen LogP contribution is 2.19. The molecular formula is C11H14N4O2S. The average Bonchev–Trinajstić information content (AvgIpc) is 2.96. The van der Waals surface area contributed by atoms with Gasteiger partial charge < -0.3 is 10.1 Å². The van der Waals surface area contributed by atoms with Gasteiger partial charge in [0, 0.05) is 24.8 Å². The molecule has 0 aliphatic rings. The number of hydrogen-bond acceptors (Lipinski definition) is 6. The molecule has 96 valence electrons. The number of ether oxygens (including phenoxy) is 1. The third-order valence-electron chi connectivity index (χ3n) is 2.66. The minimum Gasteiger partial charge on any atom is -0.465 e. The van der Waals surface area contributed by atoms with Gasteiger partial charge >= 0.3 is 5.97 Å². The Bertz CT molecular complexity index is 561. The van der Waals surface area contributed by atoms with Gasteiger partial charge in [-0.05, 0) is 6.92 Å². The van der Waals surface area contributed by atoms with Crippen LogP contribution < -0.4 is 5.32 Å². The van der Waals surface area contributed by atoms with Crippen molar-refractivity contribution in [2.24, 2.45) is 7.05 Å². The smallest absolute Gasteiger partial charge is 0.349 e. The summed E-state index contributed by atoms with van der Waals surface area (Å²) >= 11 is 1.27. The van der Waals surface area contributed by atoms with Gasteiger partial charge in [0.2, 0.25) is 0 Å². The standard InChI is InChI=1S/C11H14N4O2S/c1-7-8(5-14-15(7)2)4-12-11-13-6-9(18-11)10(16)17-3/h5-6H,4H2,1-3H3,(H,12,13). The topological polar surface area (TPSA) is 69.0 Å². The largest absolute Gasteiger partial charge is 0.465 e. The van der Waals surface area contributed by atoms with Crippen LogP contribution in [0.3, 0.4) is 0 Å². The molecule has 7 heteroatoms. The van der Waals surface area contributed by atoms with Crippen molar-refractivity contribution < 1.29 is 9.53 Å². The number of carbonyl (C=O) groups excluding carboxylic acids is 1. The van der Waals surface area contributed by atoms with Crippen molar-refractivity contribution in [2.45, 2.75) is 13.5 Å². The zero-order chi connectivity index (χ0) is 13.1. The number of carbonyl (C=O) groups is 1. The highest BCUT2D eigenvalue weighted by molar-refractivity contribution is 7.17. The molecule has 0 bridgehead atoms. The van der Waals surface area contributed by atoms with E-state index in [0.29, 0.717) is 16.6 Å². The van der Waals surface area contributed by atoms with Crippen LogP contribution in [0.1, 0.15) is 20.9 Å². The minimum absolute atomic E-state index is 0.363. The van der Waals surface area contributed by atoms with Crippen LogP contribution in [-0.4, -0.2) is 27.8 Å². The summed E-state index contributed by atoms with van der Waals surface area (Å²) < 4.78 is 6.44. The first-order chi connectivity index (χ1) is 8.61. The Kier molecular flexibility index (Phi) is 3.61. The summed E-state index contributed by atoms with van der Waals surface area (Å²) in [5, 5.41) is 8.01. The van der Waals surface area contributed by atoms with Crippen LogP contribution in [0.5, 0.6) is 0 Å². The van der Waals surface area contributed by atoms with Gasteiger partial charge in [-0.25, -0.2) is 9.78 Å². The van der Waals surface area contributed by atoms with E-state index in [1.54, 1.807) is 0 Å². The fraction of sp³-hybridized carbons (Fsp3) is 0.364. The Morgan fingerprint density at radius 1 is 1.56 bits per heavy atom. The molecule has 0 aromatic carbocycles. The number of nitrogens with one attached hydrogen (secondary N) is 1. The van der Waals surface area contributed by atoms with Gasteiger partial charge in [-0.2, -0.15) is 5.10 Å². The molecule has 1 N–H and O–H groups in total. The third-order valence-corrected chi connectivity index (χ3v) is 3.59. The van der Waals surface area contributed by atoms with Gasteiger partial charge in [0.05, 0.1) is 19.5 Å². The molecule has 6 nitrogen and oxygen atoms in total. The highest BCUT2D eigenvalue weighted by Gasteiger charge is 2.10. The number of esters is 1. The number of hydrogen-bond donors (Lipinski definition) is 1. The van der Waals surface area contributed by atoms with Gasteiger partial charge in [0.1, 0.15) is 4.88 Å². The summed E-state index contributed by atoms with van der Waals surface area (Å²) in [5.41, 5.74) is 2.21. The van der Waals surface area contributed by atoms with Gasteiger partial charge in [-0.1, -0.05) is 11.3 Å². The van der Waals surface area contributed by atoms with Crippen molar-refractivity contribution in [2.75, 3.05) is 12.4 Å². The summed E-state index contributed by atoms with van der Waals surface area (Å²) in [4.78, 5) is 15.9. The lowest BCUT2D eigenvalue weighted by Gasteiger charge is -2.01. The quantitative estimate of drug-likeness (QED) is 0.851. The summed E-state index contributed by atoms with van der Waals surface area (Å²) in [5.74, 6) is -0.363. The Hall–Kier alpha value is -1.89. The second-order valence-corrected chi connectivity index (χ2v) is 4.78. The third kappa shape index (κ3) is 2.51. The number of aromatic nitrogens is 3. The first-order valence-electron chi connectivity index (χ1n) is 5.37. The molecule has 18 heavy (non-hydrogen) atoms. The monoisotopic (exact) mass is 266 g/mol. The first kappa shape index (κ1) is 12.6. The van der Waals surface area contributed by atoms with Crippen LogP contribution in [0.15, 0.2) is 12.4 Å². The summed E-state index contributed by atoms with van der Waals surface area (Å²) in [6.45, 7) is 2.64. The van der Waals surface area contributed by atoms with Crippen molar-refractivity contribution in [3.05, 3.63) is 28.5 Å². The molecule has 0 amide bonds. The molecule has 2 rings (SSSR count). The van der Waals surface area contributed by atoms with E-state index in [4.69, 9.17) is 0 Å². The molecule has 2 aromatic heterocycles. The number of nitrogens with zero attached hydrogens (tertiary/aromatic N) is 3. The maximum absolute atomic E-state index is 11.3. The van der Waals surface area contributed by atoms with E-state index in [9.17, 15) is 4.79 Å². The molecule has 0 aliphatic heterocycles. The van der Waals surface area contributed by atoms with Crippen LogP contribution in [0, 0.1) is 6.92 Å². The zero-order valence-electron chi connectivity index (χ0n) is 10.4. The summed E-state index contributed by atoms with van der Waals surface area (Å²) in [6, 6.07) is 0. The molecule has 0 spiro atoms. The maximum atomic E-state index is 11.3. The van der Waals surface area contributed by atoms with Crippen molar-refractivity contribution in [3.8, 4) is 0 Å². The molecule has 0 unspecified atom stereocenters. The van der Waals surface area contributed by atoms with Crippen LogP contribution in [0.25, 0.3) is 0 Å². The lowest BCUT2D eigenvalue weighted by molar-refractivity contribution is 0.0606. The molecule has 0 aliphatic carbocycles. The van der Waals surface area contributed by atoms with Gasteiger partial charge in [-0.3, -0.25) is 4.68 Å². The Morgan fingerprint density at radius 3 is 2.94 bits per heavy atom. The maximum Gasteiger partial charge on any atom is 0.349 e. The number of aryl methyl sites for hydroxylation is 1. The van der Waals surface area contributed by atoms with Crippen LogP contribution in [0.4, 0.5) is 5.13 Å². The fourth-order valence-corrected chi connectivity index (χ4v) is 2.17. The van der Waals surface area contributed by atoms with E-state index in [2.05, 4.69) is 20.1 Å². The summed E-state index contributed by atoms with van der Waals surface area (Å²) in [7, 11) is 3.26.